The summed E-state index contributed by atoms with van der Waals surface area (Å²) in [6.07, 6.45) is 6.39. The lowest BCUT2D eigenvalue weighted by Gasteiger charge is -2.52. The molecule has 0 bridgehead atoms. The van der Waals surface area contributed by atoms with Crippen molar-refractivity contribution in [3.8, 4) is 0 Å². The van der Waals surface area contributed by atoms with E-state index in [1.54, 1.807) is 6.07 Å². The number of rotatable bonds is 4. The van der Waals surface area contributed by atoms with Crippen molar-refractivity contribution >= 4 is 5.91 Å². The normalized spacial score (nSPS) is 24.8. The summed E-state index contributed by atoms with van der Waals surface area (Å²) in [6.45, 7) is 4.47. The number of nitrogens with one attached hydrogen (secondary N) is 1. The molecule has 136 valence electrons. The van der Waals surface area contributed by atoms with Crippen molar-refractivity contribution in [1.29, 1.82) is 0 Å². The van der Waals surface area contributed by atoms with E-state index in [0.717, 1.165) is 57.7 Å². The van der Waals surface area contributed by atoms with Crippen LogP contribution in [0.15, 0.2) is 18.2 Å². The zero-order valence-corrected chi connectivity index (χ0v) is 14.8. The quantitative estimate of drug-likeness (QED) is 0.901. The van der Waals surface area contributed by atoms with Gasteiger partial charge in [0, 0.05) is 29.6 Å². The fraction of sp³-hybridized carbons (Fsp3) is 0.650. The number of carbonyl (C=O) groups is 1. The van der Waals surface area contributed by atoms with Gasteiger partial charge in [-0.2, -0.15) is 0 Å². The van der Waals surface area contributed by atoms with Crippen LogP contribution in [0.25, 0.3) is 0 Å². The number of piperidine rings is 1. The third kappa shape index (κ3) is 3.43. The molecular weight excluding hydrogens is 322 g/mol. The Hall–Kier alpha value is -1.49. The number of hydrogen-bond acceptors (Lipinski definition) is 2. The lowest BCUT2D eigenvalue weighted by atomic mass is 9.60. The zero-order valence-electron chi connectivity index (χ0n) is 14.8. The Labute approximate surface area is 147 Å². The molecule has 3 fully saturated rings. The number of likely N-dealkylation sites (tertiary alicyclic amines) is 1. The predicted molar refractivity (Wildman–Crippen MR) is 91.8 cm³/mol. The molecule has 1 aliphatic heterocycles. The molecule has 1 heterocycles. The minimum Gasteiger partial charge on any atom is -0.353 e. The molecular formula is C20H26F2N2O. The van der Waals surface area contributed by atoms with Crippen LogP contribution < -0.4 is 5.32 Å². The van der Waals surface area contributed by atoms with Gasteiger partial charge in [-0.25, -0.2) is 8.78 Å². The lowest BCUT2D eigenvalue weighted by molar-refractivity contribution is -0.128. The molecule has 1 spiro atoms. The number of halogens is 2. The summed E-state index contributed by atoms with van der Waals surface area (Å²) < 4.78 is 26.8. The average Bonchev–Trinajstić information content (AvgIpc) is 3.29. The summed E-state index contributed by atoms with van der Waals surface area (Å²) in [5.74, 6) is -0.752. The van der Waals surface area contributed by atoms with E-state index < -0.39 is 11.6 Å². The Morgan fingerprint density at radius 1 is 1.20 bits per heavy atom. The number of carbonyl (C=O) groups excluding carboxylic acids is 1. The highest BCUT2D eigenvalue weighted by Crippen LogP contribution is 2.50. The van der Waals surface area contributed by atoms with E-state index >= 15 is 0 Å². The van der Waals surface area contributed by atoms with Gasteiger partial charge in [-0.05, 0) is 63.1 Å². The molecule has 2 saturated carbocycles. The Kier molecular flexibility index (Phi) is 4.10. The Morgan fingerprint density at radius 2 is 1.88 bits per heavy atom. The molecule has 4 rings (SSSR count). The number of benzene rings is 1. The molecule has 0 aromatic heterocycles. The van der Waals surface area contributed by atoms with Gasteiger partial charge < -0.3 is 5.32 Å². The van der Waals surface area contributed by atoms with E-state index in [4.69, 9.17) is 0 Å². The first kappa shape index (κ1) is 17.0. The maximum atomic E-state index is 13.8. The fourth-order valence-electron chi connectivity index (χ4n) is 4.35. The van der Waals surface area contributed by atoms with Crippen LogP contribution in [0, 0.1) is 22.5 Å². The summed E-state index contributed by atoms with van der Waals surface area (Å²) in [4.78, 5) is 14.4. The van der Waals surface area contributed by atoms with Crippen LogP contribution in [0.3, 0.4) is 0 Å². The SMILES string of the molecule is CC1(C(=O)NC2CC3(CCN(Cc4ccc(F)cc4F)CC3)C2)CC1. The molecule has 3 nitrogen and oxygen atoms in total. The molecule has 1 saturated heterocycles. The van der Waals surface area contributed by atoms with Crippen molar-refractivity contribution in [2.75, 3.05) is 13.1 Å². The first-order valence-electron chi connectivity index (χ1n) is 9.35. The van der Waals surface area contributed by atoms with Gasteiger partial charge in [-0.1, -0.05) is 13.0 Å². The fourth-order valence-corrected chi connectivity index (χ4v) is 4.35. The third-order valence-electron chi connectivity index (χ3n) is 6.57. The Bertz CT molecular complexity index is 670. The van der Waals surface area contributed by atoms with Crippen molar-refractivity contribution in [3.63, 3.8) is 0 Å². The van der Waals surface area contributed by atoms with Crippen LogP contribution in [0.4, 0.5) is 8.78 Å². The highest BCUT2D eigenvalue weighted by atomic mass is 19.1. The van der Waals surface area contributed by atoms with Crippen molar-refractivity contribution in [1.82, 2.24) is 10.2 Å². The van der Waals surface area contributed by atoms with Gasteiger partial charge in [0.05, 0.1) is 0 Å². The Balaban J connectivity index is 1.24. The summed E-state index contributed by atoms with van der Waals surface area (Å²) in [5, 5.41) is 3.22. The van der Waals surface area contributed by atoms with Gasteiger partial charge >= 0.3 is 0 Å². The highest BCUT2D eigenvalue weighted by Gasteiger charge is 2.50. The van der Waals surface area contributed by atoms with Gasteiger partial charge in [0.1, 0.15) is 11.6 Å². The van der Waals surface area contributed by atoms with Crippen LogP contribution in [-0.4, -0.2) is 29.9 Å². The van der Waals surface area contributed by atoms with Gasteiger partial charge in [0.25, 0.3) is 0 Å². The molecule has 25 heavy (non-hydrogen) atoms. The third-order valence-corrected chi connectivity index (χ3v) is 6.57. The highest BCUT2D eigenvalue weighted by molar-refractivity contribution is 5.85. The molecule has 1 N–H and O–H groups in total. The first-order chi connectivity index (χ1) is 11.9. The van der Waals surface area contributed by atoms with Crippen LogP contribution in [0.5, 0.6) is 0 Å². The second-order valence-corrected chi connectivity index (χ2v) is 8.65. The minimum atomic E-state index is -0.526. The zero-order chi connectivity index (χ0) is 17.7. The van der Waals surface area contributed by atoms with Crippen molar-refractivity contribution < 1.29 is 13.6 Å². The molecule has 0 atom stereocenters. The van der Waals surface area contributed by atoms with Crippen LogP contribution in [0.2, 0.25) is 0 Å². The summed E-state index contributed by atoms with van der Waals surface area (Å²) in [7, 11) is 0. The lowest BCUT2D eigenvalue weighted by Crippen LogP contribution is -2.55. The molecule has 0 unspecified atom stereocenters. The second kappa shape index (κ2) is 6.04. The van der Waals surface area contributed by atoms with Crippen molar-refractivity contribution in [2.24, 2.45) is 10.8 Å². The van der Waals surface area contributed by atoms with Gasteiger partial charge in [-0.3, -0.25) is 9.69 Å². The van der Waals surface area contributed by atoms with E-state index in [2.05, 4.69) is 10.2 Å². The standard InChI is InChI=1S/C20H26F2N2O/c1-19(4-5-19)18(25)23-16-11-20(12-16)6-8-24(9-7-20)13-14-2-3-15(21)10-17(14)22/h2-3,10,16H,4-9,11-13H2,1H3,(H,23,25). The summed E-state index contributed by atoms with van der Waals surface area (Å²) >= 11 is 0. The van der Waals surface area contributed by atoms with Crippen LogP contribution >= 0.6 is 0 Å². The smallest absolute Gasteiger partial charge is 0.226 e. The van der Waals surface area contributed by atoms with Gasteiger partial charge in [-0.15, -0.1) is 0 Å². The van der Waals surface area contributed by atoms with E-state index in [1.807, 2.05) is 6.92 Å². The Morgan fingerprint density at radius 3 is 2.48 bits per heavy atom. The molecule has 1 aromatic carbocycles. The predicted octanol–water partition coefficient (Wildman–Crippen LogP) is 3.63. The number of amides is 1. The monoisotopic (exact) mass is 348 g/mol. The topological polar surface area (TPSA) is 32.3 Å². The maximum absolute atomic E-state index is 13.8. The molecule has 5 heteroatoms. The minimum absolute atomic E-state index is 0.0919. The second-order valence-electron chi connectivity index (χ2n) is 8.65. The van der Waals surface area contributed by atoms with Gasteiger partial charge in [0.2, 0.25) is 5.91 Å². The number of hydrogen-bond donors (Lipinski definition) is 1. The molecule has 0 radical (unpaired) electrons. The summed E-state index contributed by atoms with van der Waals surface area (Å²) in [5.41, 5.74) is 0.833. The van der Waals surface area contributed by atoms with E-state index in [-0.39, 0.29) is 11.3 Å². The molecule has 1 amide bonds. The van der Waals surface area contributed by atoms with Gasteiger partial charge in [0.15, 0.2) is 0 Å². The number of nitrogens with zero attached hydrogens (tertiary/aromatic N) is 1. The van der Waals surface area contributed by atoms with E-state index in [9.17, 15) is 13.6 Å². The van der Waals surface area contributed by atoms with Crippen LogP contribution in [0.1, 0.15) is 51.0 Å². The van der Waals surface area contributed by atoms with Crippen molar-refractivity contribution in [3.05, 3.63) is 35.4 Å². The largest absolute Gasteiger partial charge is 0.353 e. The average molecular weight is 348 g/mol. The molecule has 3 aliphatic rings. The summed E-state index contributed by atoms with van der Waals surface area (Å²) in [6, 6.07) is 4.16. The maximum Gasteiger partial charge on any atom is 0.226 e. The first-order valence-corrected chi connectivity index (χ1v) is 9.35. The molecule has 1 aromatic rings. The van der Waals surface area contributed by atoms with E-state index in [0.29, 0.717) is 23.6 Å². The van der Waals surface area contributed by atoms with Crippen molar-refractivity contribution in [2.45, 2.75) is 58.0 Å². The molecule has 2 aliphatic carbocycles. The van der Waals surface area contributed by atoms with E-state index in [1.165, 1.54) is 6.07 Å². The van der Waals surface area contributed by atoms with Crippen LogP contribution in [-0.2, 0) is 11.3 Å².